The molecule has 0 radical (unpaired) electrons. The lowest BCUT2D eigenvalue weighted by molar-refractivity contribution is -0.139. The van der Waals surface area contributed by atoms with Crippen molar-refractivity contribution in [1.29, 1.82) is 0 Å². The van der Waals surface area contributed by atoms with E-state index in [1.54, 1.807) is 4.90 Å². The van der Waals surface area contributed by atoms with E-state index >= 15 is 0 Å². The summed E-state index contributed by atoms with van der Waals surface area (Å²) in [6.45, 7) is 4.63. The molecular weight excluding hydrogens is 436 g/mol. The van der Waals surface area contributed by atoms with Crippen molar-refractivity contribution in [1.82, 2.24) is 9.80 Å². The lowest BCUT2D eigenvalue weighted by Crippen LogP contribution is -2.52. The number of aryl methyl sites for hydroxylation is 1. The van der Waals surface area contributed by atoms with E-state index in [2.05, 4.69) is 24.0 Å². The van der Waals surface area contributed by atoms with Gasteiger partial charge in [0.1, 0.15) is 0 Å². The molecule has 1 spiro atoms. The third-order valence-electron chi connectivity index (χ3n) is 8.58. The van der Waals surface area contributed by atoms with Crippen molar-refractivity contribution in [3.63, 3.8) is 0 Å². The van der Waals surface area contributed by atoms with Gasteiger partial charge in [-0.3, -0.25) is 9.59 Å². The minimum Gasteiger partial charge on any atom is -0.392 e. The second kappa shape index (κ2) is 14.0. The Bertz CT molecular complexity index is 769. The highest BCUT2D eigenvalue weighted by Gasteiger charge is 2.45. The van der Waals surface area contributed by atoms with Gasteiger partial charge in [0.15, 0.2) is 0 Å². The van der Waals surface area contributed by atoms with Crippen LogP contribution in [-0.4, -0.2) is 59.5 Å². The van der Waals surface area contributed by atoms with Gasteiger partial charge in [0.05, 0.1) is 6.10 Å². The predicted molar refractivity (Wildman–Crippen MR) is 142 cm³/mol. The number of carbonyl (C=O) groups is 2. The summed E-state index contributed by atoms with van der Waals surface area (Å²) in [5.74, 6) is 1.43. The lowest BCUT2D eigenvalue weighted by atomic mass is 9.76. The SMILES string of the molecule is CN1CCCC1=O.Cc1ccccc1.O=C(CCC1CCCCC1)N1CCC(O)C2(CCCC2)C1. The summed E-state index contributed by atoms with van der Waals surface area (Å²) in [5.41, 5.74) is 1.36. The predicted octanol–water partition coefficient (Wildman–Crippen LogP) is 5.73. The normalized spacial score (nSPS) is 24.0. The molecule has 1 unspecified atom stereocenters. The number of amides is 2. The van der Waals surface area contributed by atoms with E-state index in [0.717, 1.165) is 70.5 Å². The molecule has 0 aromatic heterocycles. The molecule has 2 aliphatic heterocycles. The van der Waals surface area contributed by atoms with Crippen molar-refractivity contribution in [3.8, 4) is 0 Å². The van der Waals surface area contributed by atoms with Gasteiger partial charge in [0.25, 0.3) is 0 Å². The van der Waals surface area contributed by atoms with Gasteiger partial charge >= 0.3 is 0 Å². The molecule has 2 aliphatic carbocycles. The molecule has 2 heterocycles. The zero-order valence-corrected chi connectivity index (χ0v) is 22.2. The lowest BCUT2D eigenvalue weighted by Gasteiger charge is -2.44. The first kappa shape index (κ1) is 27.7. The topological polar surface area (TPSA) is 60.9 Å². The van der Waals surface area contributed by atoms with Gasteiger partial charge in [-0.1, -0.05) is 80.8 Å². The summed E-state index contributed by atoms with van der Waals surface area (Å²) >= 11 is 0. The first-order chi connectivity index (χ1) is 16.9. The molecule has 2 saturated carbocycles. The molecule has 196 valence electrons. The molecule has 5 heteroatoms. The Balaban J connectivity index is 0.000000198. The number of piperidine rings is 1. The fourth-order valence-electron chi connectivity index (χ4n) is 6.21. The molecule has 4 fully saturated rings. The maximum atomic E-state index is 12.5. The van der Waals surface area contributed by atoms with Gasteiger partial charge in [0.2, 0.25) is 11.8 Å². The summed E-state index contributed by atoms with van der Waals surface area (Å²) in [5, 5.41) is 10.4. The Morgan fingerprint density at radius 2 is 1.66 bits per heavy atom. The summed E-state index contributed by atoms with van der Waals surface area (Å²) in [6, 6.07) is 10.3. The fraction of sp³-hybridized carbons (Fsp3) is 0.733. The van der Waals surface area contributed by atoms with Gasteiger partial charge in [0, 0.05) is 44.9 Å². The highest BCUT2D eigenvalue weighted by atomic mass is 16.3. The standard InChI is InChI=1S/C18H31NO2.C7H8.C5H9NO/c20-16-10-13-19(14-18(16)11-4-5-12-18)17(21)9-8-15-6-2-1-3-7-15;1-7-5-3-2-4-6-7;1-6-4-2-3-5(6)7/h15-16,20H,1-14H2;2-6H,1H3;2-4H2,1H3. The van der Waals surface area contributed by atoms with Crippen LogP contribution in [0.2, 0.25) is 0 Å². The van der Waals surface area contributed by atoms with E-state index in [0.29, 0.717) is 11.8 Å². The third kappa shape index (κ3) is 8.63. The number of aliphatic hydroxyl groups is 1. The summed E-state index contributed by atoms with van der Waals surface area (Å²) < 4.78 is 0. The number of hydrogen-bond donors (Lipinski definition) is 1. The first-order valence-electron chi connectivity index (χ1n) is 14.1. The molecule has 1 aromatic rings. The van der Waals surface area contributed by atoms with Crippen LogP contribution in [0, 0.1) is 18.3 Å². The van der Waals surface area contributed by atoms with Crippen LogP contribution in [0.4, 0.5) is 0 Å². The minimum atomic E-state index is -0.178. The Kier molecular flexibility index (Phi) is 11.1. The highest BCUT2D eigenvalue weighted by molar-refractivity contribution is 5.77. The molecule has 1 N–H and O–H groups in total. The van der Waals surface area contributed by atoms with Gasteiger partial charge in [-0.2, -0.15) is 0 Å². The van der Waals surface area contributed by atoms with Crippen molar-refractivity contribution in [2.45, 2.75) is 103 Å². The zero-order valence-electron chi connectivity index (χ0n) is 22.2. The number of hydrogen-bond acceptors (Lipinski definition) is 3. The monoisotopic (exact) mass is 484 g/mol. The molecule has 1 atom stereocenters. The molecule has 4 aliphatic rings. The van der Waals surface area contributed by atoms with Crippen molar-refractivity contribution in [2.75, 3.05) is 26.7 Å². The molecular formula is C30H48N2O3. The van der Waals surface area contributed by atoms with Crippen molar-refractivity contribution in [2.24, 2.45) is 11.3 Å². The Labute approximate surface area is 213 Å². The van der Waals surface area contributed by atoms with Crippen LogP contribution in [0.3, 0.4) is 0 Å². The number of rotatable bonds is 3. The third-order valence-corrected chi connectivity index (χ3v) is 8.58. The van der Waals surface area contributed by atoms with Gasteiger partial charge in [-0.15, -0.1) is 0 Å². The maximum Gasteiger partial charge on any atom is 0.222 e. The number of benzene rings is 1. The van der Waals surface area contributed by atoms with E-state index in [9.17, 15) is 14.7 Å². The zero-order chi connectivity index (χ0) is 25.1. The average Bonchev–Trinajstić information content (AvgIpc) is 3.50. The van der Waals surface area contributed by atoms with E-state index in [4.69, 9.17) is 0 Å². The van der Waals surface area contributed by atoms with E-state index in [1.165, 1.54) is 50.5 Å². The molecule has 5 rings (SSSR count). The smallest absolute Gasteiger partial charge is 0.222 e. The van der Waals surface area contributed by atoms with E-state index in [1.807, 2.05) is 25.2 Å². The molecule has 0 bridgehead atoms. The highest BCUT2D eigenvalue weighted by Crippen LogP contribution is 2.45. The number of likely N-dealkylation sites (tertiary alicyclic amines) is 2. The maximum absolute atomic E-state index is 12.5. The second-order valence-corrected chi connectivity index (χ2v) is 11.3. The van der Waals surface area contributed by atoms with Crippen molar-refractivity contribution >= 4 is 11.8 Å². The summed E-state index contributed by atoms with van der Waals surface area (Å²) in [4.78, 5) is 26.9. The van der Waals surface area contributed by atoms with Gasteiger partial charge < -0.3 is 14.9 Å². The van der Waals surface area contributed by atoms with Crippen LogP contribution in [0.15, 0.2) is 30.3 Å². The van der Waals surface area contributed by atoms with Crippen LogP contribution in [0.1, 0.15) is 95.5 Å². The second-order valence-electron chi connectivity index (χ2n) is 11.3. The van der Waals surface area contributed by atoms with Crippen molar-refractivity contribution < 1.29 is 14.7 Å². The van der Waals surface area contributed by atoms with Crippen LogP contribution in [-0.2, 0) is 9.59 Å². The number of carbonyl (C=O) groups excluding carboxylic acids is 2. The largest absolute Gasteiger partial charge is 0.392 e. The van der Waals surface area contributed by atoms with Crippen molar-refractivity contribution in [3.05, 3.63) is 35.9 Å². The molecule has 1 aromatic carbocycles. The molecule has 5 nitrogen and oxygen atoms in total. The summed E-state index contributed by atoms with van der Waals surface area (Å²) in [7, 11) is 1.84. The van der Waals surface area contributed by atoms with Crippen LogP contribution < -0.4 is 0 Å². The Morgan fingerprint density at radius 1 is 0.971 bits per heavy atom. The average molecular weight is 485 g/mol. The first-order valence-corrected chi connectivity index (χ1v) is 14.1. The van der Waals surface area contributed by atoms with E-state index < -0.39 is 0 Å². The molecule has 35 heavy (non-hydrogen) atoms. The quantitative estimate of drug-likeness (QED) is 0.596. The summed E-state index contributed by atoms with van der Waals surface area (Å²) in [6.07, 6.45) is 15.7. The van der Waals surface area contributed by atoms with Crippen LogP contribution >= 0.6 is 0 Å². The number of nitrogens with zero attached hydrogens (tertiary/aromatic N) is 2. The minimum absolute atomic E-state index is 0.0404. The Hall–Kier alpha value is -1.88. The van der Waals surface area contributed by atoms with Gasteiger partial charge in [-0.05, 0) is 44.9 Å². The van der Waals surface area contributed by atoms with Crippen LogP contribution in [0.25, 0.3) is 0 Å². The number of aliphatic hydroxyl groups excluding tert-OH is 1. The fourth-order valence-corrected chi connectivity index (χ4v) is 6.21. The van der Waals surface area contributed by atoms with Gasteiger partial charge in [-0.25, -0.2) is 0 Å². The molecule has 2 amide bonds. The molecule has 2 saturated heterocycles. The van der Waals surface area contributed by atoms with E-state index in [-0.39, 0.29) is 11.5 Å². The van der Waals surface area contributed by atoms with Crippen LogP contribution in [0.5, 0.6) is 0 Å². The Morgan fingerprint density at radius 3 is 2.17 bits per heavy atom.